The Balaban J connectivity index is 2.19. The molecule has 0 saturated heterocycles. The van der Waals surface area contributed by atoms with E-state index in [2.05, 4.69) is 5.32 Å². The van der Waals surface area contributed by atoms with Crippen molar-refractivity contribution in [3.05, 3.63) is 68.7 Å². The fourth-order valence-electron chi connectivity index (χ4n) is 1.92. The number of non-ortho nitro benzene ring substituents is 1. The molecule has 0 saturated carbocycles. The van der Waals surface area contributed by atoms with E-state index in [1.54, 1.807) is 19.2 Å². The van der Waals surface area contributed by atoms with Crippen LogP contribution in [0.15, 0.2) is 42.5 Å². The minimum atomic E-state index is -0.420. The molecule has 0 amide bonds. The summed E-state index contributed by atoms with van der Waals surface area (Å²) in [4.78, 5) is 10.4. The second-order valence-electron chi connectivity index (χ2n) is 4.46. The Morgan fingerprint density at radius 2 is 2.00 bits per heavy atom. The number of nitrogens with zero attached hydrogens (tertiary/aromatic N) is 1. The lowest BCUT2D eigenvalue weighted by atomic mass is 10.1. The van der Waals surface area contributed by atoms with Crippen LogP contribution in [0.3, 0.4) is 0 Å². The van der Waals surface area contributed by atoms with Crippen LogP contribution in [0.2, 0.25) is 5.02 Å². The first-order valence-electron chi connectivity index (χ1n) is 6.40. The highest BCUT2D eigenvalue weighted by molar-refractivity contribution is 6.31. The molecule has 0 atom stereocenters. The molecule has 0 aromatic heterocycles. The van der Waals surface area contributed by atoms with Gasteiger partial charge in [-0.2, -0.15) is 0 Å². The fourth-order valence-corrected chi connectivity index (χ4v) is 2.11. The molecule has 0 heterocycles. The summed E-state index contributed by atoms with van der Waals surface area (Å²) in [6, 6.07) is 12.0. The lowest BCUT2D eigenvalue weighted by Gasteiger charge is -2.12. The third kappa shape index (κ3) is 3.93. The third-order valence-electron chi connectivity index (χ3n) is 2.96. The van der Waals surface area contributed by atoms with Crippen LogP contribution in [-0.4, -0.2) is 12.0 Å². The number of benzene rings is 2. The van der Waals surface area contributed by atoms with Crippen molar-refractivity contribution >= 4 is 17.3 Å². The van der Waals surface area contributed by atoms with E-state index in [0.717, 1.165) is 11.1 Å². The summed E-state index contributed by atoms with van der Waals surface area (Å²) in [6.07, 6.45) is 0. The van der Waals surface area contributed by atoms with Gasteiger partial charge >= 0.3 is 0 Å². The molecule has 6 heteroatoms. The largest absolute Gasteiger partial charge is 0.489 e. The zero-order chi connectivity index (χ0) is 15.2. The smallest absolute Gasteiger partial charge is 0.270 e. The summed E-state index contributed by atoms with van der Waals surface area (Å²) in [7, 11) is 1.77. The van der Waals surface area contributed by atoms with Gasteiger partial charge in [0, 0.05) is 34.8 Å². The van der Waals surface area contributed by atoms with E-state index in [0.29, 0.717) is 23.9 Å². The molecule has 0 aliphatic heterocycles. The van der Waals surface area contributed by atoms with Crippen LogP contribution < -0.4 is 10.1 Å². The summed E-state index contributed by atoms with van der Waals surface area (Å²) in [6.45, 7) is 0.799. The van der Waals surface area contributed by atoms with Crippen LogP contribution in [0.5, 0.6) is 5.75 Å². The van der Waals surface area contributed by atoms with E-state index in [1.165, 1.54) is 12.1 Å². The molecule has 21 heavy (non-hydrogen) atoms. The molecule has 1 N–H and O–H groups in total. The first kappa shape index (κ1) is 15.3. The molecule has 0 radical (unpaired) electrons. The van der Waals surface area contributed by atoms with Crippen LogP contribution >= 0.6 is 11.6 Å². The molecule has 0 bridgehead atoms. The Kier molecular flexibility index (Phi) is 5.14. The minimum absolute atomic E-state index is 0.0466. The van der Waals surface area contributed by atoms with Crippen molar-refractivity contribution < 1.29 is 9.66 Å². The summed E-state index contributed by atoms with van der Waals surface area (Å²) in [5.41, 5.74) is 1.65. The molecule has 2 aromatic rings. The second kappa shape index (κ2) is 7.06. The van der Waals surface area contributed by atoms with Gasteiger partial charge in [-0.15, -0.1) is 0 Å². The van der Waals surface area contributed by atoms with E-state index >= 15 is 0 Å². The maximum Gasteiger partial charge on any atom is 0.270 e. The number of halogens is 1. The lowest BCUT2D eigenvalue weighted by molar-refractivity contribution is -0.384. The molecule has 0 spiro atoms. The Hall–Kier alpha value is -2.11. The van der Waals surface area contributed by atoms with Gasteiger partial charge in [0.2, 0.25) is 0 Å². The summed E-state index contributed by atoms with van der Waals surface area (Å²) < 4.78 is 5.74. The highest BCUT2D eigenvalue weighted by atomic mass is 35.5. The highest BCUT2D eigenvalue weighted by Gasteiger charge is 2.12. The average molecular weight is 307 g/mol. The summed E-state index contributed by atoms with van der Waals surface area (Å²) in [5, 5.41) is 14.4. The maximum atomic E-state index is 10.8. The predicted octanol–water partition coefficient (Wildman–Crippen LogP) is 3.55. The van der Waals surface area contributed by atoms with Crippen LogP contribution in [0.25, 0.3) is 0 Å². The number of hydrogen-bond acceptors (Lipinski definition) is 4. The van der Waals surface area contributed by atoms with Gasteiger partial charge < -0.3 is 10.1 Å². The standard InChI is InChI=1S/C15H15ClN2O3/c1-17-9-12-8-13(18(19)20)6-7-15(12)21-10-11-4-2-3-5-14(11)16/h2-8,17H,9-10H2,1H3. The van der Waals surface area contributed by atoms with Crippen molar-refractivity contribution in [1.82, 2.24) is 5.32 Å². The van der Waals surface area contributed by atoms with E-state index in [4.69, 9.17) is 16.3 Å². The van der Waals surface area contributed by atoms with Crippen LogP contribution in [0, 0.1) is 10.1 Å². The first-order valence-corrected chi connectivity index (χ1v) is 6.77. The summed E-state index contributed by atoms with van der Waals surface area (Å²) in [5.74, 6) is 0.606. The van der Waals surface area contributed by atoms with Gasteiger partial charge in [0.25, 0.3) is 5.69 Å². The van der Waals surface area contributed by atoms with Gasteiger partial charge in [0.05, 0.1) is 4.92 Å². The molecular weight excluding hydrogens is 292 g/mol. The molecule has 2 aromatic carbocycles. The van der Waals surface area contributed by atoms with Gasteiger partial charge in [-0.05, 0) is 19.2 Å². The third-order valence-corrected chi connectivity index (χ3v) is 3.33. The zero-order valence-corrected chi connectivity index (χ0v) is 12.3. The van der Waals surface area contributed by atoms with Crippen LogP contribution in [0.1, 0.15) is 11.1 Å². The molecule has 0 aliphatic carbocycles. The lowest BCUT2D eigenvalue weighted by Crippen LogP contribution is -2.08. The Morgan fingerprint density at radius 3 is 2.67 bits per heavy atom. The normalized spacial score (nSPS) is 10.4. The second-order valence-corrected chi connectivity index (χ2v) is 4.87. The van der Waals surface area contributed by atoms with E-state index in [9.17, 15) is 10.1 Å². The number of nitro benzene ring substituents is 1. The fraction of sp³-hybridized carbons (Fsp3) is 0.200. The number of hydrogen-bond donors (Lipinski definition) is 1. The Labute approximate surface area is 127 Å². The number of rotatable bonds is 6. The van der Waals surface area contributed by atoms with Gasteiger partial charge in [-0.3, -0.25) is 10.1 Å². The molecule has 110 valence electrons. The molecule has 5 nitrogen and oxygen atoms in total. The highest BCUT2D eigenvalue weighted by Crippen LogP contribution is 2.26. The van der Waals surface area contributed by atoms with Crippen LogP contribution in [-0.2, 0) is 13.2 Å². The van der Waals surface area contributed by atoms with E-state index < -0.39 is 4.92 Å². The van der Waals surface area contributed by atoms with Gasteiger partial charge in [0.15, 0.2) is 0 Å². The number of nitrogens with one attached hydrogen (secondary N) is 1. The molecule has 0 aliphatic rings. The molecule has 0 unspecified atom stereocenters. The average Bonchev–Trinajstić information content (AvgIpc) is 2.47. The Bertz CT molecular complexity index is 647. The van der Waals surface area contributed by atoms with Gasteiger partial charge in [-0.25, -0.2) is 0 Å². The van der Waals surface area contributed by atoms with E-state index in [1.807, 2.05) is 18.2 Å². The van der Waals surface area contributed by atoms with Gasteiger partial charge in [0.1, 0.15) is 12.4 Å². The topological polar surface area (TPSA) is 64.4 Å². The van der Waals surface area contributed by atoms with Crippen LogP contribution in [0.4, 0.5) is 5.69 Å². The maximum absolute atomic E-state index is 10.8. The van der Waals surface area contributed by atoms with Crippen molar-refractivity contribution in [2.24, 2.45) is 0 Å². The van der Waals surface area contributed by atoms with Crippen molar-refractivity contribution in [3.63, 3.8) is 0 Å². The zero-order valence-electron chi connectivity index (χ0n) is 11.5. The quantitative estimate of drug-likeness (QED) is 0.655. The minimum Gasteiger partial charge on any atom is -0.489 e. The Morgan fingerprint density at radius 1 is 1.24 bits per heavy atom. The first-order chi connectivity index (χ1) is 10.1. The summed E-state index contributed by atoms with van der Waals surface area (Å²) >= 11 is 6.08. The number of nitro groups is 1. The molecule has 0 fully saturated rings. The molecule has 2 rings (SSSR count). The SMILES string of the molecule is CNCc1cc([N+](=O)[O-])ccc1OCc1ccccc1Cl. The number of ether oxygens (including phenoxy) is 1. The molecular formula is C15H15ClN2O3. The monoisotopic (exact) mass is 306 g/mol. The van der Waals surface area contributed by atoms with Crippen molar-refractivity contribution in [2.75, 3.05) is 7.05 Å². The van der Waals surface area contributed by atoms with Crippen molar-refractivity contribution in [1.29, 1.82) is 0 Å². The van der Waals surface area contributed by atoms with Crippen molar-refractivity contribution in [3.8, 4) is 5.75 Å². The van der Waals surface area contributed by atoms with Gasteiger partial charge in [-0.1, -0.05) is 29.8 Å². The van der Waals surface area contributed by atoms with E-state index in [-0.39, 0.29) is 5.69 Å². The predicted molar refractivity (Wildman–Crippen MR) is 81.6 cm³/mol. The van der Waals surface area contributed by atoms with Crippen molar-refractivity contribution in [2.45, 2.75) is 13.2 Å².